The summed E-state index contributed by atoms with van der Waals surface area (Å²) in [4.78, 5) is 0. The molecule has 4 atom stereocenters. The quantitative estimate of drug-likeness (QED) is 0.554. The van der Waals surface area contributed by atoms with Gasteiger partial charge in [0.25, 0.3) is 0 Å². The Kier molecular flexibility index (Phi) is 1.08. The van der Waals surface area contributed by atoms with Crippen LogP contribution in [0.3, 0.4) is 0 Å². The van der Waals surface area contributed by atoms with Crippen molar-refractivity contribution < 1.29 is 9.84 Å². The van der Waals surface area contributed by atoms with E-state index >= 15 is 0 Å². The fourth-order valence-electron chi connectivity index (χ4n) is 1.86. The van der Waals surface area contributed by atoms with Crippen LogP contribution in [0.2, 0.25) is 0 Å². The predicted molar refractivity (Wildman–Crippen MR) is 33.0 cm³/mol. The number of fused-ring (bicyclic) bond motifs is 1. The van der Waals surface area contributed by atoms with Crippen molar-refractivity contribution >= 4 is 0 Å². The molecule has 1 heterocycles. The second kappa shape index (κ2) is 1.70. The van der Waals surface area contributed by atoms with Crippen molar-refractivity contribution in [3.05, 3.63) is 0 Å². The van der Waals surface area contributed by atoms with Gasteiger partial charge in [-0.05, 0) is 25.2 Å². The van der Waals surface area contributed by atoms with Gasteiger partial charge in [-0.1, -0.05) is 0 Å². The van der Waals surface area contributed by atoms with Gasteiger partial charge in [0, 0.05) is 0 Å². The van der Waals surface area contributed by atoms with E-state index in [4.69, 9.17) is 9.84 Å². The normalized spacial score (nSPS) is 55.3. The summed E-state index contributed by atoms with van der Waals surface area (Å²) in [6.07, 6.45) is 1.86. The zero-order valence-electron chi connectivity index (χ0n) is 5.58. The Bertz CT molecular complexity index is 124. The van der Waals surface area contributed by atoms with Crippen molar-refractivity contribution in [3.63, 3.8) is 0 Å². The molecule has 1 saturated carbocycles. The molecule has 9 heavy (non-hydrogen) atoms. The standard InChI is InChI=1S/C7H12O2/c1-4-5-2-6(5)7(3-8)9-4/h4-8H,2-3H2,1H3/t4-,5?,6?,7+/m1/s1. The summed E-state index contributed by atoms with van der Waals surface area (Å²) in [5.74, 6) is 1.48. The van der Waals surface area contributed by atoms with E-state index in [0.717, 1.165) is 5.92 Å². The first kappa shape index (κ1) is 5.69. The van der Waals surface area contributed by atoms with E-state index in [1.165, 1.54) is 6.42 Å². The zero-order chi connectivity index (χ0) is 6.43. The summed E-state index contributed by atoms with van der Waals surface area (Å²) in [5.41, 5.74) is 0. The molecule has 2 unspecified atom stereocenters. The van der Waals surface area contributed by atoms with E-state index in [9.17, 15) is 0 Å². The summed E-state index contributed by atoms with van der Waals surface area (Å²) in [5, 5.41) is 8.76. The van der Waals surface area contributed by atoms with Crippen LogP contribution in [0.5, 0.6) is 0 Å². The van der Waals surface area contributed by atoms with Gasteiger partial charge in [-0.15, -0.1) is 0 Å². The van der Waals surface area contributed by atoms with E-state index in [-0.39, 0.29) is 12.7 Å². The molecule has 52 valence electrons. The average molecular weight is 128 g/mol. The van der Waals surface area contributed by atoms with Gasteiger partial charge in [0.1, 0.15) is 0 Å². The number of ether oxygens (including phenoxy) is 1. The van der Waals surface area contributed by atoms with Crippen molar-refractivity contribution in [3.8, 4) is 0 Å². The highest BCUT2D eigenvalue weighted by molar-refractivity contribution is 5.00. The highest BCUT2D eigenvalue weighted by atomic mass is 16.5. The minimum absolute atomic E-state index is 0.171. The molecule has 0 aromatic carbocycles. The molecule has 0 radical (unpaired) electrons. The van der Waals surface area contributed by atoms with Crippen molar-refractivity contribution in [2.45, 2.75) is 25.6 Å². The fourth-order valence-corrected chi connectivity index (χ4v) is 1.86. The maximum absolute atomic E-state index is 8.76. The van der Waals surface area contributed by atoms with Gasteiger partial charge in [0.15, 0.2) is 0 Å². The van der Waals surface area contributed by atoms with E-state index in [2.05, 4.69) is 6.92 Å². The first-order valence-corrected chi connectivity index (χ1v) is 3.59. The Morgan fingerprint density at radius 2 is 2.33 bits per heavy atom. The number of aliphatic hydroxyl groups is 1. The maximum atomic E-state index is 8.76. The van der Waals surface area contributed by atoms with Crippen LogP contribution in [-0.2, 0) is 4.74 Å². The largest absolute Gasteiger partial charge is 0.394 e. The molecule has 1 saturated heterocycles. The molecule has 0 bridgehead atoms. The Morgan fingerprint density at radius 1 is 1.56 bits per heavy atom. The average Bonchev–Trinajstić information content (AvgIpc) is 2.56. The maximum Gasteiger partial charge on any atom is 0.0841 e. The topological polar surface area (TPSA) is 29.5 Å². The molecule has 1 aliphatic heterocycles. The third kappa shape index (κ3) is 0.700. The van der Waals surface area contributed by atoms with Crippen molar-refractivity contribution in [2.24, 2.45) is 11.8 Å². The lowest BCUT2D eigenvalue weighted by atomic mass is 10.2. The van der Waals surface area contributed by atoms with Crippen LogP contribution in [0.25, 0.3) is 0 Å². The van der Waals surface area contributed by atoms with Gasteiger partial charge >= 0.3 is 0 Å². The molecule has 2 heteroatoms. The number of hydrogen-bond donors (Lipinski definition) is 1. The number of hydrogen-bond acceptors (Lipinski definition) is 2. The molecular weight excluding hydrogens is 116 g/mol. The minimum atomic E-state index is 0.171. The molecule has 2 rings (SSSR count). The van der Waals surface area contributed by atoms with Crippen LogP contribution in [0.1, 0.15) is 13.3 Å². The van der Waals surface area contributed by atoms with E-state index in [0.29, 0.717) is 12.0 Å². The highest BCUT2D eigenvalue weighted by Gasteiger charge is 2.53. The molecule has 1 N–H and O–H groups in total. The van der Waals surface area contributed by atoms with Crippen LogP contribution in [0, 0.1) is 11.8 Å². The minimum Gasteiger partial charge on any atom is -0.394 e. The van der Waals surface area contributed by atoms with Gasteiger partial charge in [0.2, 0.25) is 0 Å². The van der Waals surface area contributed by atoms with Crippen LogP contribution in [-0.4, -0.2) is 23.9 Å². The van der Waals surface area contributed by atoms with Gasteiger partial charge < -0.3 is 9.84 Å². The Labute approximate surface area is 54.8 Å². The fraction of sp³-hybridized carbons (Fsp3) is 1.00. The van der Waals surface area contributed by atoms with E-state index in [1.807, 2.05) is 0 Å². The molecule has 2 aliphatic rings. The van der Waals surface area contributed by atoms with Gasteiger partial charge in [-0.3, -0.25) is 0 Å². The van der Waals surface area contributed by atoms with E-state index < -0.39 is 0 Å². The molecular formula is C7H12O2. The van der Waals surface area contributed by atoms with Crippen LogP contribution >= 0.6 is 0 Å². The number of aliphatic hydroxyl groups excluding tert-OH is 1. The SMILES string of the molecule is C[C@H]1O[C@@H](CO)C2CC21. The summed E-state index contributed by atoms with van der Waals surface area (Å²) in [7, 11) is 0. The second-order valence-electron chi connectivity index (χ2n) is 3.13. The van der Waals surface area contributed by atoms with E-state index in [1.54, 1.807) is 0 Å². The van der Waals surface area contributed by atoms with Crippen molar-refractivity contribution in [2.75, 3.05) is 6.61 Å². The lowest BCUT2D eigenvalue weighted by molar-refractivity contribution is -0.00680. The Balaban J connectivity index is 2.00. The molecule has 2 nitrogen and oxygen atoms in total. The van der Waals surface area contributed by atoms with Crippen LogP contribution < -0.4 is 0 Å². The Hall–Kier alpha value is -0.0800. The van der Waals surface area contributed by atoms with Gasteiger partial charge in [-0.25, -0.2) is 0 Å². The third-order valence-electron chi connectivity index (χ3n) is 2.54. The Morgan fingerprint density at radius 3 is 2.56 bits per heavy atom. The molecule has 2 fully saturated rings. The molecule has 1 aliphatic carbocycles. The summed E-state index contributed by atoms with van der Waals surface area (Å²) < 4.78 is 5.42. The molecule has 0 aromatic rings. The molecule has 0 amide bonds. The highest BCUT2D eigenvalue weighted by Crippen LogP contribution is 2.51. The summed E-state index contributed by atoms with van der Waals surface area (Å²) in [6, 6.07) is 0. The third-order valence-corrected chi connectivity index (χ3v) is 2.54. The lowest BCUT2D eigenvalue weighted by Gasteiger charge is -2.11. The second-order valence-corrected chi connectivity index (χ2v) is 3.13. The molecule has 0 aromatic heterocycles. The van der Waals surface area contributed by atoms with Crippen molar-refractivity contribution in [1.82, 2.24) is 0 Å². The van der Waals surface area contributed by atoms with Crippen molar-refractivity contribution in [1.29, 1.82) is 0 Å². The van der Waals surface area contributed by atoms with Crippen LogP contribution in [0.15, 0.2) is 0 Å². The lowest BCUT2D eigenvalue weighted by Crippen LogP contribution is -2.18. The predicted octanol–water partition coefficient (Wildman–Crippen LogP) is 0.402. The first-order chi connectivity index (χ1) is 4.33. The van der Waals surface area contributed by atoms with Gasteiger partial charge in [0.05, 0.1) is 18.8 Å². The smallest absolute Gasteiger partial charge is 0.0841 e. The summed E-state index contributed by atoms with van der Waals surface area (Å²) >= 11 is 0. The molecule has 0 spiro atoms. The van der Waals surface area contributed by atoms with Crippen LogP contribution in [0.4, 0.5) is 0 Å². The first-order valence-electron chi connectivity index (χ1n) is 3.59. The van der Waals surface area contributed by atoms with Gasteiger partial charge in [-0.2, -0.15) is 0 Å². The summed E-state index contributed by atoms with van der Waals surface area (Å²) in [6.45, 7) is 2.31. The number of rotatable bonds is 1. The monoisotopic (exact) mass is 128 g/mol. The zero-order valence-corrected chi connectivity index (χ0v) is 5.58.